The Kier molecular flexibility index (Phi) is 2.25. The normalized spacial score (nSPS) is 22.2. The summed E-state index contributed by atoms with van der Waals surface area (Å²) in [5, 5.41) is 0. The van der Waals surface area contributed by atoms with E-state index < -0.39 is 0 Å². The van der Waals surface area contributed by atoms with Crippen molar-refractivity contribution in [1.29, 1.82) is 0 Å². The van der Waals surface area contributed by atoms with E-state index in [0.29, 0.717) is 5.78 Å². The molecule has 0 radical (unpaired) electrons. The van der Waals surface area contributed by atoms with Crippen LogP contribution in [0.1, 0.15) is 33.1 Å². The largest absolute Gasteiger partial charge is 0.299 e. The van der Waals surface area contributed by atoms with Crippen LogP contribution in [-0.4, -0.2) is 5.78 Å². The Hall–Kier alpha value is -0.590. The molecule has 1 heteroatoms. The summed E-state index contributed by atoms with van der Waals surface area (Å²) >= 11 is 0. The van der Waals surface area contributed by atoms with Crippen LogP contribution in [0.5, 0.6) is 0 Å². The number of rotatable bonds is 4. The van der Waals surface area contributed by atoms with Gasteiger partial charge in [0.2, 0.25) is 0 Å². The Morgan fingerprint density at radius 3 is 2.80 bits per heavy atom. The maximum Gasteiger partial charge on any atom is 0.140 e. The van der Waals surface area contributed by atoms with Crippen LogP contribution in [0.15, 0.2) is 11.6 Å². The van der Waals surface area contributed by atoms with Crippen LogP contribution in [0.4, 0.5) is 0 Å². The maximum atomic E-state index is 10.7. The average Bonchev–Trinajstić information content (AvgIpc) is 2.62. The first-order valence-corrected chi connectivity index (χ1v) is 3.96. The second kappa shape index (κ2) is 3.00. The molecule has 0 saturated carbocycles. The van der Waals surface area contributed by atoms with Gasteiger partial charge in [0.25, 0.3) is 0 Å². The second-order valence-electron chi connectivity index (χ2n) is 2.93. The van der Waals surface area contributed by atoms with Gasteiger partial charge in [0.15, 0.2) is 0 Å². The fraction of sp³-hybridized carbons (Fsp3) is 0.667. The minimum Gasteiger partial charge on any atom is -0.299 e. The molecule has 0 aromatic carbocycles. The van der Waals surface area contributed by atoms with Gasteiger partial charge in [0.05, 0.1) is 5.92 Å². The van der Waals surface area contributed by atoms with Gasteiger partial charge in [-0.3, -0.25) is 4.79 Å². The highest BCUT2D eigenvalue weighted by atomic mass is 16.1. The Labute approximate surface area is 62.1 Å². The highest BCUT2D eigenvalue weighted by Gasteiger charge is 2.27. The Morgan fingerprint density at radius 1 is 1.70 bits per heavy atom. The van der Waals surface area contributed by atoms with Gasteiger partial charge in [-0.25, -0.2) is 0 Å². The van der Waals surface area contributed by atoms with Crippen molar-refractivity contribution >= 4 is 5.78 Å². The van der Waals surface area contributed by atoms with Gasteiger partial charge >= 0.3 is 0 Å². The molecular weight excluding hydrogens is 124 g/mol. The zero-order valence-electron chi connectivity index (χ0n) is 6.68. The van der Waals surface area contributed by atoms with E-state index in [-0.39, 0.29) is 5.92 Å². The molecule has 56 valence electrons. The number of unbranched alkanes of at least 4 members (excludes halogenated alkanes) is 1. The van der Waals surface area contributed by atoms with E-state index in [4.69, 9.17) is 0 Å². The van der Waals surface area contributed by atoms with Crippen molar-refractivity contribution in [3.8, 4) is 0 Å². The van der Waals surface area contributed by atoms with Crippen molar-refractivity contribution in [2.24, 2.45) is 5.92 Å². The Balaban J connectivity index is 2.13. The van der Waals surface area contributed by atoms with Crippen LogP contribution >= 0.6 is 0 Å². The molecule has 0 amide bonds. The van der Waals surface area contributed by atoms with Crippen LogP contribution in [0, 0.1) is 5.92 Å². The third-order valence-corrected chi connectivity index (χ3v) is 1.93. The molecule has 0 bridgehead atoms. The fourth-order valence-electron chi connectivity index (χ4n) is 1.16. The van der Waals surface area contributed by atoms with E-state index in [1.807, 2.05) is 0 Å². The van der Waals surface area contributed by atoms with Crippen LogP contribution < -0.4 is 0 Å². The standard InChI is InChI=1S/C9H14O/c1-3-4-5-8-6-9(8)7(2)10/h6,9H,3-5H2,1-2H3. The number of hydrogen-bond acceptors (Lipinski definition) is 1. The van der Waals surface area contributed by atoms with Gasteiger partial charge in [0, 0.05) is 0 Å². The summed E-state index contributed by atoms with van der Waals surface area (Å²) in [6.07, 6.45) is 5.68. The first-order valence-electron chi connectivity index (χ1n) is 3.96. The first-order chi connectivity index (χ1) is 4.75. The van der Waals surface area contributed by atoms with E-state index in [9.17, 15) is 4.79 Å². The van der Waals surface area contributed by atoms with Gasteiger partial charge in [-0.2, -0.15) is 0 Å². The van der Waals surface area contributed by atoms with Crippen molar-refractivity contribution in [2.75, 3.05) is 0 Å². The fourth-order valence-corrected chi connectivity index (χ4v) is 1.16. The maximum absolute atomic E-state index is 10.7. The minimum absolute atomic E-state index is 0.242. The lowest BCUT2D eigenvalue weighted by Crippen LogP contribution is -1.95. The highest BCUT2D eigenvalue weighted by molar-refractivity contribution is 5.87. The van der Waals surface area contributed by atoms with E-state index in [0.717, 1.165) is 6.42 Å². The quantitative estimate of drug-likeness (QED) is 0.545. The van der Waals surface area contributed by atoms with Crippen molar-refractivity contribution in [1.82, 2.24) is 0 Å². The third kappa shape index (κ3) is 1.69. The van der Waals surface area contributed by atoms with Crippen LogP contribution in [-0.2, 0) is 4.79 Å². The van der Waals surface area contributed by atoms with Crippen LogP contribution in [0.25, 0.3) is 0 Å². The SMILES string of the molecule is CCCCC1=CC1C(C)=O. The van der Waals surface area contributed by atoms with Crippen LogP contribution in [0.2, 0.25) is 0 Å². The summed E-state index contributed by atoms with van der Waals surface area (Å²) in [6.45, 7) is 3.84. The number of carbonyl (C=O) groups excluding carboxylic acids is 1. The predicted molar refractivity (Wildman–Crippen MR) is 41.8 cm³/mol. The number of ketones is 1. The number of carbonyl (C=O) groups is 1. The molecule has 0 fully saturated rings. The third-order valence-electron chi connectivity index (χ3n) is 1.93. The van der Waals surface area contributed by atoms with E-state index in [1.54, 1.807) is 6.92 Å². The lowest BCUT2D eigenvalue weighted by molar-refractivity contribution is -0.117. The summed E-state index contributed by atoms with van der Waals surface area (Å²) in [5.74, 6) is 0.553. The van der Waals surface area contributed by atoms with E-state index in [1.165, 1.54) is 18.4 Å². The topological polar surface area (TPSA) is 17.1 Å². The number of Topliss-reactive ketones (excluding diaryl/α,β-unsaturated/α-hetero) is 1. The lowest BCUT2D eigenvalue weighted by Gasteiger charge is -1.92. The average molecular weight is 138 g/mol. The number of allylic oxidation sites excluding steroid dienone is 2. The summed E-state index contributed by atoms with van der Waals surface area (Å²) in [5.41, 5.74) is 1.37. The minimum atomic E-state index is 0.242. The summed E-state index contributed by atoms with van der Waals surface area (Å²) < 4.78 is 0. The van der Waals surface area contributed by atoms with Crippen molar-refractivity contribution < 1.29 is 4.79 Å². The molecule has 10 heavy (non-hydrogen) atoms. The monoisotopic (exact) mass is 138 g/mol. The molecular formula is C9H14O. The molecule has 0 N–H and O–H groups in total. The smallest absolute Gasteiger partial charge is 0.140 e. The lowest BCUT2D eigenvalue weighted by atomic mass is 10.1. The van der Waals surface area contributed by atoms with Gasteiger partial charge in [-0.05, 0) is 19.8 Å². The van der Waals surface area contributed by atoms with E-state index in [2.05, 4.69) is 13.0 Å². The Bertz CT molecular complexity index is 168. The molecule has 1 nitrogen and oxygen atoms in total. The van der Waals surface area contributed by atoms with Gasteiger partial charge in [-0.15, -0.1) is 0 Å². The molecule has 1 aliphatic carbocycles. The Morgan fingerprint density at radius 2 is 2.40 bits per heavy atom. The van der Waals surface area contributed by atoms with Gasteiger partial charge in [0.1, 0.15) is 5.78 Å². The molecule has 0 aromatic rings. The van der Waals surface area contributed by atoms with Crippen molar-refractivity contribution in [3.05, 3.63) is 11.6 Å². The molecule has 0 heterocycles. The van der Waals surface area contributed by atoms with Gasteiger partial charge < -0.3 is 0 Å². The molecule has 1 aliphatic rings. The summed E-state index contributed by atoms with van der Waals surface area (Å²) in [7, 11) is 0. The predicted octanol–water partition coefficient (Wildman–Crippen LogP) is 2.32. The zero-order chi connectivity index (χ0) is 7.56. The van der Waals surface area contributed by atoms with Crippen molar-refractivity contribution in [2.45, 2.75) is 33.1 Å². The molecule has 1 rings (SSSR count). The summed E-state index contributed by atoms with van der Waals surface area (Å²) in [4.78, 5) is 10.7. The molecule has 0 spiro atoms. The summed E-state index contributed by atoms with van der Waals surface area (Å²) in [6, 6.07) is 0. The first kappa shape index (κ1) is 7.52. The van der Waals surface area contributed by atoms with Gasteiger partial charge in [-0.1, -0.05) is 25.0 Å². The zero-order valence-corrected chi connectivity index (χ0v) is 6.68. The number of hydrogen-bond donors (Lipinski definition) is 0. The molecule has 0 aromatic heterocycles. The van der Waals surface area contributed by atoms with Crippen LogP contribution in [0.3, 0.4) is 0 Å². The van der Waals surface area contributed by atoms with E-state index >= 15 is 0 Å². The second-order valence-corrected chi connectivity index (χ2v) is 2.93. The van der Waals surface area contributed by atoms with Crippen molar-refractivity contribution in [3.63, 3.8) is 0 Å². The molecule has 0 aliphatic heterocycles. The molecule has 1 unspecified atom stereocenters. The molecule has 0 saturated heterocycles. The highest BCUT2D eigenvalue weighted by Crippen LogP contribution is 2.33. The molecule has 1 atom stereocenters.